The van der Waals surface area contributed by atoms with Crippen molar-refractivity contribution in [2.45, 2.75) is 0 Å². The number of rotatable bonds is 5. The Morgan fingerprint density at radius 2 is 1.25 bits per heavy atom. The molecule has 4 nitrogen and oxygen atoms in total. The van der Waals surface area contributed by atoms with E-state index < -0.39 is 0 Å². The Balaban J connectivity index is 2.00. The standard InChI is InChI=1S/C23H19BrN2O2/c1-27-19-13-7-4-10-16(19)21-22(17-11-5-8-14-20(17)28-2)26-23(25-21)15-9-3-6-12-18(15)24/h3-14H,1-2H3,(H,25,26). The van der Waals surface area contributed by atoms with E-state index in [1.807, 2.05) is 72.8 Å². The summed E-state index contributed by atoms with van der Waals surface area (Å²) in [6.07, 6.45) is 0. The van der Waals surface area contributed by atoms with Crippen molar-refractivity contribution in [1.82, 2.24) is 9.97 Å². The van der Waals surface area contributed by atoms with Crippen molar-refractivity contribution in [2.24, 2.45) is 0 Å². The summed E-state index contributed by atoms with van der Waals surface area (Å²) in [7, 11) is 3.34. The summed E-state index contributed by atoms with van der Waals surface area (Å²) < 4.78 is 12.2. The number of benzene rings is 3. The SMILES string of the molecule is COc1ccccc1-c1nc(-c2ccccc2Br)[nH]c1-c1ccccc1OC. The fourth-order valence-corrected chi connectivity index (χ4v) is 3.71. The van der Waals surface area contributed by atoms with Gasteiger partial charge in [-0.05, 0) is 30.3 Å². The largest absolute Gasteiger partial charge is 0.496 e. The van der Waals surface area contributed by atoms with Crippen molar-refractivity contribution >= 4 is 15.9 Å². The lowest BCUT2D eigenvalue weighted by Gasteiger charge is -2.10. The van der Waals surface area contributed by atoms with Gasteiger partial charge in [0.25, 0.3) is 0 Å². The molecule has 140 valence electrons. The Bertz CT molecular complexity index is 1060. The van der Waals surface area contributed by atoms with Crippen molar-refractivity contribution in [3.63, 3.8) is 0 Å². The molecule has 0 saturated heterocycles. The average molecular weight is 435 g/mol. The van der Waals surface area contributed by atoms with E-state index in [9.17, 15) is 0 Å². The molecule has 0 unspecified atom stereocenters. The number of methoxy groups -OCH3 is 2. The number of para-hydroxylation sites is 2. The van der Waals surface area contributed by atoms with Gasteiger partial charge < -0.3 is 14.5 Å². The number of nitrogens with one attached hydrogen (secondary N) is 1. The van der Waals surface area contributed by atoms with E-state index in [1.165, 1.54) is 0 Å². The molecule has 0 atom stereocenters. The lowest BCUT2D eigenvalue weighted by Crippen LogP contribution is -1.92. The van der Waals surface area contributed by atoms with Crippen LogP contribution in [-0.4, -0.2) is 24.2 Å². The van der Waals surface area contributed by atoms with Gasteiger partial charge in [-0.3, -0.25) is 0 Å². The predicted molar refractivity (Wildman–Crippen MR) is 116 cm³/mol. The first-order valence-corrected chi connectivity index (χ1v) is 9.64. The molecular formula is C23H19BrN2O2. The molecule has 3 aromatic carbocycles. The molecule has 0 aliphatic carbocycles. The maximum Gasteiger partial charge on any atom is 0.139 e. The van der Waals surface area contributed by atoms with Gasteiger partial charge in [-0.15, -0.1) is 0 Å². The molecule has 0 spiro atoms. The van der Waals surface area contributed by atoms with Crippen molar-refractivity contribution in [1.29, 1.82) is 0 Å². The predicted octanol–water partition coefficient (Wildman–Crippen LogP) is 6.19. The normalized spacial score (nSPS) is 10.7. The van der Waals surface area contributed by atoms with E-state index in [1.54, 1.807) is 14.2 Å². The van der Waals surface area contributed by atoms with Crippen LogP contribution < -0.4 is 9.47 Å². The van der Waals surface area contributed by atoms with Crippen LogP contribution in [-0.2, 0) is 0 Å². The quantitative estimate of drug-likeness (QED) is 0.407. The molecule has 0 aliphatic heterocycles. The second-order valence-corrected chi connectivity index (χ2v) is 7.04. The van der Waals surface area contributed by atoms with E-state index in [0.717, 1.165) is 49.9 Å². The molecule has 0 aliphatic rings. The summed E-state index contributed by atoms with van der Waals surface area (Å²) in [6, 6.07) is 23.8. The average Bonchev–Trinajstić information content (AvgIpc) is 3.18. The minimum atomic E-state index is 0.767. The van der Waals surface area contributed by atoms with E-state index >= 15 is 0 Å². The maximum absolute atomic E-state index is 5.60. The van der Waals surface area contributed by atoms with Gasteiger partial charge in [0.05, 0.1) is 19.9 Å². The second kappa shape index (κ2) is 7.90. The van der Waals surface area contributed by atoms with Crippen LogP contribution >= 0.6 is 15.9 Å². The molecule has 0 saturated carbocycles. The first-order chi connectivity index (χ1) is 13.7. The van der Waals surface area contributed by atoms with E-state index in [0.29, 0.717) is 0 Å². The van der Waals surface area contributed by atoms with Gasteiger partial charge in [-0.25, -0.2) is 4.98 Å². The summed E-state index contributed by atoms with van der Waals surface area (Å²) in [5.41, 5.74) is 4.54. The van der Waals surface area contributed by atoms with Gasteiger partial charge >= 0.3 is 0 Å². The van der Waals surface area contributed by atoms with Crippen LogP contribution in [0.2, 0.25) is 0 Å². The van der Waals surface area contributed by atoms with Gasteiger partial charge in [0.1, 0.15) is 23.0 Å². The third-order valence-corrected chi connectivity index (χ3v) is 5.26. The monoisotopic (exact) mass is 434 g/mol. The van der Waals surface area contributed by atoms with E-state index in [4.69, 9.17) is 14.5 Å². The van der Waals surface area contributed by atoms with Crippen molar-refractivity contribution in [3.8, 4) is 45.4 Å². The number of nitrogens with zero attached hydrogens (tertiary/aromatic N) is 1. The van der Waals surface area contributed by atoms with Gasteiger partial charge in [-0.1, -0.05) is 58.4 Å². The Morgan fingerprint density at radius 3 is 1.89 bits per heavy atom. The molecule has 0 bridgehead atoms. The molecule has 0 radical (unpaired) electrons. The molecule has 4 rings (SSSR count). The van der Waals surface area contributed by atoms with Gasteiger partial charge in [-0.2, -0.15) is 0 Å². The number of hydrogen-bond acceptors (Lipinski definition) is 3. The molecule has 1 N–H and O–H groups in total. The summed E-state index contributed by atoms with van der Waals surface area (Å²) in [6.45, 7) is 0. The molecule has 1 heterocycles. The summed E-state index contributed by atoms with van der Waals surface area (Å²) in [5.74, 6) is 2.32. The number of hydrogen-bond donors (Lipinski definition) is 1. The molecule has 5 heteroatoms. The molecule has 4 aromatic rings. The van der Waals surface area contributed by atoms with Crippen LogP contribution in [0.4, 0.5) is 0 Å². The van der Waals surface area contributed by atoms with Gasteiger partial charge in [0, 0.05) is 21.2 Å². The zero-order valence-corrected chi connectivity index (χ0v) is 17.2. The van der Waals surface area contributed by atoms with Crippen LogP contribution in [0.15, 0.2) is 77.3 Å². The fourth-order valence-electron chi connectivity index (χ4n) is 3.24. The zero-order valence-electron chi connectivity index (χ0n) is 15.6. The Labute approximate surface area is 172 Å². The number of aromatic nitrogens is 2. The first-order valence-electron chi connectivity index (χ1n) is 8.84. The molecule has 0 fully saturated rings. The maximum atomic E-state index is 5.60. The highest BCUT2D eigenvalue weighted by atomic mass is 79.9. The zero-order chi connectivity index (χ0) is 19.5. The molecule has 28 heavy (non-hydrogen) atoms. The third kappa shape index (κ3) is 3.29. The molecular weight excluding hydrogens is 416 g/mol. The number of aromatic amines is 1. The number of halogens is 1. The Morgan fingerprint density at radius 1 is 0.714 bits per heavy atom. The minimum absolute atomic E-state index is 0.767. The van der Waals surface area contributed by atoms with Crippen LogP contribution in [0.3, 0.4) is 0 Å². The minimum Gasteiger partial charge on any atom is -0.496 e. The van der Waals surface area contributed by atoms with Crippen molar-refractivity contribution in [3.05, 3.63) is 77.3 Å². The fraction of sp³-hybridized carbons (Fsp3) is 0.0870. The highest BCUT2D eigenvalue weighted by Crippen LogP contribution is 2.41. The highest BCUT2D eigenvalue weighted by Gasteiger charge is 2.20. The van der Waals surface area contributed by atoms with Crippen LogP contribution in [0, 0.1) is 0 Å². The van der Waals surface area contributed by atoms with E-state index in [-0.39, 0.29) is 0 Å². The smallest absolute Gasteiger partial charge is 0.139 e. The lowest BCUT2D eigenvalue weighted by molar-refractivity contribution is 0.415. The topological polar surface area (TPSA) is 47.1 Å². The van der Waals surface area contributed by atoms with Crippen LogP contribution in [0.5, 0.6) is 11.5 Å². The third-order valence-electron chi connectivity index (χ3n) is 4.57. The van der Waals surface area contributed by atoms with E-state index in [2.05, 4.69) is 20.9 Å². The summed E-state index contributed by atoms with van der Waals surface area (Å²) in [4.78, 5) is 8.45. The number of imidazole rings is 1. The van der Waals surface area contributed by atoms with Crippen LogP contribution in [0.25, 0.3) is 33.9 Å². The van der Waals surface area contributed by atoms with Gasteiger partial charge in [0.2, 0.25) is 0 Å². The first kappa shape index (κ1) is 18.3. The van der Waals surface area contributed by atoms with Crippen molar-refractivity contribution < 1.29 is 9.47 Å². The Hall–Kier alpha value is -3.05. The number of H-pyrrole nitrogens is 1. The van der Waals surface area contributed by atoms with Gasteiger partial charge in [0.15, 0.2) is 0 Å². The summed E-state index contributed by atoms with van der Waals surface area (Å²) >= 11 is 3.63. The Kier molecular flexibility index (Phi) is 5.17. The highest BCUT2D eigenvalue weighted by molar-refractivity contribution is 9.10. The number of ether oxygens (including phenoxy) is 2. The summed E-state index contributed by atoms with van der Waals surface area (Å²) in [5, 5.41) is 0. The second-order valence-electron chi connectivity index (χ2n) is 6.19. The molecule has 0 amide bonds. The molecule has 1 aromatic heterocycles. The van der Waals surface area contributed by atoms with Crippen LogP contribution in [0.1, 0.15) is 0 Å². The van der Waals surface area contributed by atoms with Crippen molar-refractivity contribution in [2.75, 3.05) is 14.2 Å². The lowest BCUT2D eigenvalue weighted by atomic mass is 10.0.